The molecule has 0 aromatic carbocycles. The minimum Gasteiger partial charge on any atom is -0.393 e. The highest BCUT2D eigenvalue weighted by molar-refractivity contribution is 7.89. The van der Waals surface area contributed by atoms with Crippen molar-refractivity contribution in [2.75, 3.05) is 0 Å². The summed E-state index contributed by atoms with van der Waals surface area (Å²) in [5.74, 6) is 0. The Hall–Kier alpha value is -0.980. The Morgan fingerprint density at radius 3 is 2.79 bits per heavy atom. The van der Waals surface area contributed by atoms with Gasteiger partial charge in [-0.3, -0.25) is 0 Å². The molecule has 3 N–H and O–H groups in total. The van der Waals surface area contributed by atoms with Gasteiger partial charge in [-0.1, -0.05) is 6.07 Å². The Bertz CT molecular complexity index is 414. The summed E-state index contributed by atoms with van der Waals surface area (Å²) >= 11 is 0. The van der Waals surface area contributed by atoms with Crippen LogP contribution in [-0.4, -0.2) is 24.6 Å². The third-order valence-corrected chi connectivity index (χ3v) is 2.54. The van der Waals surface area contributed by atoms with E-state index in [1.54, 1.807) is 19.1 Å². The van der Waals surface area contributed by atoms with Crippen molar-refractivity contribution < 1.29 is 13.5 Å². The molecule has 1 atom stereocenters. The van der Waals surface area contributed by atoms with Crippen LogP contribution in [0.5, 0.6) is 0 Å². The summed E-state index contributed by atoms with van der Waals surface area (Å²) in [6.07, 6.45) is 0.949. The Balaban J connectivity index is 3.17. The molecule has 1 heterocycles. The summed E-state index contributed by atoms with van der Waals surface area (Å²) in [5, 5.41) is 13.9. The van der Waals surface area contributed by atoms with Gasteiger partial charge in [0, 0.05) is 12.6 Å². The Labute approximate surface area is 82.6 Å². The molecule has 14 heavy (non-hydrogen) atoms. The zero-order valence-corrected chi connectivity index (χ0v) is 8.53. The quantitative estimate of drug-likeness (QED) is 0.722. The topological polar surface area (TPSA) is 93.3 Å². The number of hydrogen-bond acceptors (Lipinski definition) is 4. The lowest BCUT2D eigenvalue weighted by Gasteiger charge is -2.07. The molecule has 6 heteroatoms. The van der Waals surface area contributed by atoms with Crippen molar-refractivity contribution >= 4 is 10.0 Å². The number of aromatic nitrogens is 1. The average Bonchev–Trinajstić information content (AvgIpc) is 2.01. The highest BCUT2D eigenvalue weighted by atomic mass is 32.2. The molecule has 0 saturated heterocycles. The van der Waals surface area contributed by atoms with Crippen molar-refractivity contribution in [3.8, 4) is 0 Å². The van der Waals surface area contributed by atoms with Gasteiger partial charge in [0.1, 0.15) is 0 Å². The molecule has 0 spiro atoms. The van der Waals surface area contributed by atoms with E-state index in [2.05, 4.69) is 4.98 Å². The summed E-state index contributed by atoms with van der Waals surface area (Å²) in [6.45, 7) is 1.57. The first kappa shape index (κ1) is 11.1. The van der Waals surface area contributed by atoms with Crippen LogP contribution in [-0.2, 0) is 16.4 Å². The first-order valence-electron chi connectivity index (χ1n) is 4.06. The molecule has 0 aliphatic heterocycles. The molecular formula is C8H12N2O3S. The maximum atomic E-state index is 11.1. The zero-order chi connectivity index (χ0) is 10.8. The number of rotatable bonds is 3. The van der Waals surface area contributed by atoms with Crippen LogP contribution in [0.15, 0.2) is 23.4 Å². The minimum atomic E-state index is -3.80. The summed E-state index contributed by atoms with van der Waals surface area (Å²) < 4.78 is 22.1. The van der Waals surface area contributed by atoms with Crippen LogP contribution in [0.3, 0.4) is 0 Å². The number of primary sulfonamides is 1. The van der Waals surface area contributed by atoms with Crippen LogP contribution in [0.25, 0.3) is 0 Å². The Kier molecular flexibility index (Phi) is 3.20. The van der Waals surface area contributed by atoms with Gasteiger partial charge in [-0.05, 0) is 18.6 Å². The maximum Gasteiger partial charge on any atom is 0.255 e. The molecule has 0 fully saturated rings. The fourth-order valence-electron chi connectivity index (χ4n) is 1.15. The minimum absolute atomic E-state index is 0.166. The van der Waals surface area contributed by atoms with Gasteiger partial charge in [0.15, 0.2) is 5.03 Å². The first-order valence-corrected chi connectivity index (χ1v) is 5.60. The zero-order valence-electron chi connectivity index (χ0n) is 7.71. The predicted octanol–water partition coefficient (Wildman–Crippen LogP) is -0.348. The Morgan fingerprint density at radius 1 is 1.64 bits per heavy atom. The normalized spacial score (nSPS) is 13.9. The van der Waals surface area contributed by atoms with E-state index in [4.69, 9.17) is 10.2 Å². The van der Waals surface area contributed by atoms with Crippen molar-refractivity contribution in [2.24, 2.45) is 5.14 Å². The second-order valence-electron chi connectivity index (χ2n) is 3.07. The van der Waals surface area contributed by atoms with Crippen LogP contribution in [0.1, 0.15) is 12.5 Å². The molecule has 0 aliphatic rings. The highest BCUT2D eigenvalue weighted by Crippen LogP contribution is 2.12. The lowest BCUT2D eigenvalue weighted by atomic mass is 10.1. The standard InChI is InChI=1S/C8H12N2O3S/c1-6(11)5-7-3-2-4-10-8(7)14(9,12)13/h2-4,6,11H,5H2,1H3,(H2,9,12,13). The van der Waals surface area contributed by atoms with Crippen molar-refractivity contribution in [3.63, 3.8) is 0 Å². The first-order chi connectivity index (χ1) is 6.41. The third kappa shape index (κ3) is 2.76. The van der Waals surface area contributed by atoms with Gasteiger partial charge in [-0.15, -0.1) is 0 Å². The van der Waals surface area contributed by atoms with Crippen molar-refractivity contribution in [3.05, 3.63) is 23.9 Å². The van der Waals surface area contributed by atoms with Crippen LogP contribution < -0.4 is 5.14 Å². The number of nitrogens with zero attached hydrogens (tertiary/aromatic N) is 1. The smallest absolute Gasteiger partial charge is 0.255 e. The molecule has 1 unspecified atom stereocenters. The molecule has 1 aromatic heterocycles. The maximum absolute atomic E-state index is 11.1. The number of aliphatic hydroxyl groups is 1. The van der Waals surface area contributed by atoms with Crippen molar-refractivity contribution in [1.82, 2.24) is 4.98 Å². The van der Waals surface area contributed by atoms with E-state index >= 15 is 0 Å². The molecule has 0 saturated carbocycles. The SMILES string of the molecule is CC(O)Cc1cccnc1S(N)(=O)=O. The number of hydrogen-bond donors (Lipinski definition) is 2. The van der Waals surface area contributed by atoms with Gasteiger partial charge in [0.25, 0.3) is 10.0 Å². The van der Waals surface area contributed by atoms with E-state index in [1.807, 2.05) is 0 Å². The molecule has 0 bridgehead atoms. The molecule has 0 aliphatic carbocycles. The van der Waals surface area contributed by atoms with Crippen molar-refractivity contribution in [2.45, 2.75) is 24.5 Å². The predicted molar refractivity (Wildman–Crippen MR) is 51.0 cm³/mol. The van der Waals surface area contributed by atoms with Gasteiger partial charge >= 0.3 is 0 Å². The van der Waals surface area contributed by atoms with Crippen molar-refractivity contribution in [1.29, 1.82) is 0 Å². The van der Waals surface area contributed by atoms with E-state index in [0.717, 1.165) is 0 Å². The summed E-state index contributed by atoms with van der Waals surface area (Å²) in [7, 11) is -3.80. The van der Waals surface area contributed by atoms with E-state index in [-0.39, 0.29) is 11.4 Å². The Morgan fingerprint density at radius 2 is 2.29 bits per heavy atom. The number of sulfonamides is 1. The largest absolute Gasteiger partial charge is 0.393 e. The second-order valence-corrected chi connectivity index (χ2v) is 4.54. The molecule has 5 nitrogen and oxygen atoms in total. The fraction of sp³-hybridized carbons (Fsp3) is 0.375. The van der Waals surface area contributed by atoms with E-state index in [9.17, 15) is 8.42 Å². The van der Waals surface area contributed by atoms with Crippen LogP contribution in [0.4, 0.5) is 0 Å². The number of aliphatic hydroxyl groups excluding tert-OH is 1. The molecule has 0 radical (unpaired) electrons. The number of pyridine rings is 1. The van der Waals surface area contributed by atoms with Gasteiger partial charge in [0.05, 0.1) is 6.10 Å². The van der Waals surface area contributed by atoms with Crippen LogP contribution >= 0.6 is 0 Å². The van der Waals surface area contributed by atoms with E-state index in [0.29, 0.717) is 5.56 Å². The van der Waals surface area contributed by atoms with E-state index < -0.39 is 16.1 Å². The molecule has 0 amide bonds. The number of nitrogens with two attached hydrogens (primary N) is 1. The van der Waals surface area contributed by atoms with Gasteiger partial charge in [0.2, 0.25) is 0 Å². The summed E-state index contributed by atoms with van der Waals surface area (Å²) in [4.78, 5) is 3.68. The lowest BCUT2D eigenvalue weighted by molar-refractivity contribution is 0.194. The summed E-state index contributed by atoms with van der Waals surface area (Å²) in [6, 6.07) is 3.19. The summed E-state index contributed by atoms with van der Waals surface area (Å²) in [5.41, 5.74) is 0.435. The lowest BCUT2D eigenvalue weighted by Crippen LogP contribution is -2.18. The molecule has 1 aromatic rings. The van der Waals surface area contributed by atoms with Gasteiger partial charge in [-0.2, -0.15) is 0 Å². The second kappa shape index (κ2) is 4.04. The van der Waals surface area contributed by atoms with Gasteiger partial charge in [-0.25, -0.2) is 18.5 Å². The monoisotopic (exact) mass is 216 g/mol. The van der Waals surface area contributed by atoms with Crippen LogP contribution in [0.2, 0.25) is 0 Å². The molecule has 1 rings (SSSR count). The van der Waals surface area contributed by atoms with Gasteiger partial charge < -0.3 is 5.11 Å². The average molecular weight is 216 g/mol. The fourth-order valence-corrected chi connectivity index (χ4v) is 1.88. The van der Waals surface area contributed by atoms with Crippen LogP contribution in [0, 0.1) is 0 Å². The molecular weight excluding hydrogens is 204 g/mol. The van der Waals surface area contributed by atoms with E-state index in [1.165, 1.54) is 6.20 Å². The third-order valence-electron chi connectivity index (χ3n) is 1.63. The molecule has 78 valence electrons. The highest BCUT2D eigenvalue weighted by Gasteiger charge is 2.15.